The van der Waals surface area contributed by atoms with E-state index in [1.54, 1.807) is 24.3 Å². The summed E-state index contributed by atoms with van der Waals surface area (Å²) in [5.41, 5.74) is 1.26. The van der Waals surface area contributed by atoms with Crippen LogP contribution in [0.5, 0.6) is 0 Å². The summed E-state index contributed by atoms with van der Waals surface area (Å²) in [6.45, 7) is 3.24. The average Bonchev–Trinajstić information content (AvgIpc) is 3.21. The predicted octanol–water partition coefficient (Wildman–Crippen LogP) is 2.36. The van der Waals surface area contributed by atoms with Gasteiger partial charge in [0.1, 0.15) is 0 Å². The van der Waals surface area contributed by atoms with E-state index in [1.807, 2.05) is 4.90 Å². The molecule has 0 spiro atoms. The molecule has 1 aromatic rings. The molecule has 26 heavy (non-hydrogen) atoms. The number of hydrogen-bond donors (Lipinski definition) is 1. The molecular weight excluding hydrogens is 328 g/mol. The number of carbonyl (C=O) groups is 2. The van der Waals surface area contributed by atoms with Gasteiger partial charge in [0.25, 0.3) is 0 Å². The van der Waals surface area contributed by atoms with E-state index in [0.29, 0.717) is 24.2 Å². The highest BCUT2D eigenvalue weighted by Crippen LogP contribution is 2.21. The van der Waals surface area contributed by atoms with Crippen molar-refractivity contribution in [3.05, 3.63) is 29.8 Å². The maximum Gasteiger partial charge on any atom is 0.239 e. The van der Waals surface area contributed by atoms with Crippen LogP contribution in [0, 0.1) is 11.3 Å². The summed E-state index contributed by atoms with van der Waals surface area (Å²) in [5.74, 6) is 0.183. The zero-order chi connectivity index (χ0) is 18.4. The van der Waals surface area contributed by atoms with E-state index in [0.717, 1.165) is 51.7 Å². The van der Waals surface area contributed by atoms with Gasteiger partial charge in [-0.15, -0.1) is 0 Å². The molecule has 1 unspecified atom stereocenters. The van der Waals surface area contributed by atoms with Crippen LogP contribution in [0.2, 0.25) is 0 Å². The Morgan fingerprint density at radius 3 is 2.46 bits per heavy atom. The van der Waals surface area contributed by atoms with Crippen LogP contribution in [0.15, 0.2) is 24.3 Å². The van der Waals surface area contributed by atoms with Crippen LogP contribution in [0.4, 0.5) is 5.69 Å². The van der Waals surface area contributed by atoms with Gasteiger partial charge in [-0.2, -0.15) is 5.26 Å². The first-order chi connectivity index (χ1) is 12.7. The fourth-order valence-corrected chi connectivity index (χ4v) is 3.78. The van der Waals surface area contributed by atoms with E-state index >= 15 is 0 Å². The van der Waals surface area contributed by atoms with E-state index in [9.17, 15) is 9.59 Å². The van der Waals surface area contributed by atoms with Crippen molar-refractivity contribution >= 4 is 17.5 Å². The van der Waals surface area contributed by atoms with Gasteiger partial charge in [-0.05, 0) is 56.5 Å². The highest BCUT2D eigenvalue weighted by molar-refractivity contribution is 5.91. The second kappa shape index (κ2) is 8.81. The molecule has 0 saturated carbocycles. The number of nitriles is 1. The van der Waals surface area contributed by atoms with Crippen molar-refractivity contribution in [2.45, 2.75) is 44.6 Å². The predicted molar refractivity (Wildman–Crippen MR) is 99.4 cm³/mol. The van der Waals surface area contributed by atoms with E-state index in [-0.39, 0.29) is 17.9 Å². The molecule has 6 heteroatoms. The van der Waals surface area contributed by atoms with Crippen molar-refractivity contribution in [3.63, 3.8) is 0 Å². The first-order valence-corrected chi connectivity index (χ1v) is 9.50. The number of likely N-dealkylation sites (tertiary alicyclic amines) is 2. The Balaban J connectivity index is 1.51. The number of rotatable bonds is 5. The Labute approximate surface area is 154 Å². The minimum atomic E-state index is -0.0652. The van der Waals surface area contributed by atoms with E-state index < -0.39 is 0 Å². The molecule has 6 nitrogen and oxygen atoms in total. The zero-order valence-electron chi connectivity index (χ0n) is 15.1. The molecule has 1 atom stereocenters. The van der Waals surface area contributed by atoms with Gasteiger partial charge in [-0.3, -0.25) is 14.5 Å². The summed E-state index contributed by atoms with van der Waals surface area (Å²) in [6, 6.07) is 8.83. The quantitative estimate of drug-likeness (QED) is 0.881. The lowest BCUT2D eigenvalue weighted by molar-refractivity contribution is -0.137. The molecule has 0 aromatic heterocycles. The van der Waals surface area contributed by atoms with Gasteiger partial charge in [-0.1, -0.05) is 6.42 Å². The third-order valence-electron chi connectivity index (χ3n) is 5.24. The van der Waals surface area contributed by atoms with Crippen molar-refractivity contribution in [2.75, 3.05) is 31.5 Å². The van der Waals surface area contributed by atoms with Crippen LogP contribution < -0.4 is 5.32 Å². The van der Waals surface area contributed by atoms with Gasteiger partial charge in [-0.25, -0.2) is 0 Å². The second-order valence-corrected chi connectivity index (χ2v) is 7.07. The Kier molecular flexibility index (Phi) is 6.24. The lowest BCUT2D eigenvalue weighted by Gasteiger charge is -2.36. The van der Waals surface area contributed by atoms with E-state index in [1.165, 1.54) is 0 Å². The third kappa shape index (κ3) is 4.61. The minimum absolute atomic E-state index is 0.0624. The van der Waals surface area contributed by atoms with Crippen LogP contribution in [0.3, 0.4) is 0 Å². The summed E-state index contributed by atoms with van der Waals surface area (Å²) in [5, 5.41) is 11.7. The Hall–Kier alpha value is -2.39. The van der Waals surface area contributed by atoms with Gasteiger partial charge < -0.3 is 10.2 Å². The van der Waals surface area contributed by atoms with Crippen LogP contribution >= 0.6 is 0 Å². The normalized spacial score (nSPS) is 20.6. The highest BCUT2D eigenvalue weighted by Gasteiger charge is 2.32. The van der Waals surface area contributed by atoms with E-state index in [4.69, 9.17) is 5.26 Å². The molecule has 3 rings (SSSR count). The number of anilines is 1. The SMILES string of the molecule is N#Cc1ccc(NC(=O)CCN2CCCCC2C(=O)N2CCCC2)cc1. The van der Waals surface area contributed by atoms with Crippen LogP contribution in [-0.4, -0.2) is 53.8 Å². The lowest BCUT2D eigenvalue weighted by Crippen LogP contribution is -2.50. The molecule has 2 saturated heterocycles. The third-order valence-corrected chi connectivity index (χ3v) is 5.24. The monoisotopic (exact) mass is 354 g/mol. The summed E-state index contributed by atoms with van der Waals surface area (Å²) in [4.78, 5) is 29.2. The molecule has 1 aromatic carbocycles. The molecule has 0 radical (unpaired) electrons. The van der Waals surface area contributed by atoms with Gasteiger partial charge in [0.05, 0.1) is 17.7 Å². The largest absolute Gasteiger partial charge is 0.341 e. The molecule has 2 amide bonds. The van der Waals surface area contributed by atoms with Gasteiger partial charge in [0, 0.05) is 31.7 Å². The van der Waals surface area contributed by atoms with Gasteiger partial charge in [0.15, 0.2) is 0 Å². The lowest BCUT2D eigenvalue weighted by atomic mass is 10.0. The number of nitrogens with zero attached hydrogens (tertiary/aromatic N) is 3. The Morgan fingerprint density at radius 1 is 1.08 bits per heavy atom. The van der Waals surface area contributed by atoms with E-state index in [2.05, 4.69) is 16.3 Å². The zero-order valence-corrected chi connectivity index (χ0v) is 15.1. The van der Waals surface area contributed by atoms with Crippen molar-refractivity contribution in [2.24, 2.45) is 0 Å². The maximum absolute atomic E-state index is 12.8. The molecular formula is C20H26N4O2. The average molecular weight is 354 g/mol. The van der Waals surface area contributed by atoms with Crippen LogP contribution in [-0.2, 0) is 9.59 Å². The fraction of sp³-hybridized carbons (Fsp3) is 0.550. The molecule has 2 aliphatic rings. The van der Waals surface area contributed by atoms with Crippen molar-refractivity contribution in [3.8, 4) is 6.07 Å². The minimum Gasteiger partial charge on any atom is -0.341 e. The first-order valence-electron chi connectivity index (χ1n) is 9.50. The smallest absolute Gasteiger partial charge is 0.239 e. The number of benzene rings is 1. The number of amides is 2. The molecule has 0 bridgehead atoms. The summed E-state index contributed by atoms with van der Waals surface area (Å²) in [6.07, 6.45) is 5.63. The Morgan fingerprint density at radius 2 is 1.77 bits per heavy atom. The molecule has 2 fully saturated rings. The topological polar surface area (TPSA) is 76.4 Å². The first kappa shape index (κ1) is 18.4. The highest BCUT2D eigenvalue weighted by atomic mass is 16.2. The number of nitrogens with one attached hydrogen (secondary N) is 1. The summed E-state index contributed by atoms with van der Waals surface area (Å²) in [7, 11) is 0. The Bertz CT molecular complexity index is 674. The summed E-state index contributed by atoms with van der Waals surface area (Å²) >= 11 is 0. The standard InChI is InChI=1S/C20H26N4O2/c21-15-16-6-8-17(9-7-16)22-19(25)10-14-23-11-2-1-5-18(23)20(26)24-12-3-4-13-24/h6-9,18H,1-5,10-14H2,(H,22,25). The van der Waals surface area contributed by atoms with Gasteiger partial charge in [0.2, 0.25) is 11.8 Å². The van der Waals surface area contributed by atoms with Gasteiger partial charge >= 0.3 is 0 Å². The molecule has 0 aliphatic carbocycles. The maximum atomic E-state index is 12.8. The fourth-order valence-electron chi connectivity index (χ4n) is 3.78. The molecule has 2 aliphatic heterocycles. The second-order valence-electron chi connectivity index (χ2n) is 7.07. The summed E-state index contributed by atoms with van der Waals surface area (Å²) < 4.78 is 0. The van der Waals surface area contributed by atoms with Crippen molar-refractivity contribution in [1.82, 2.24) is 9.80 Å². The van der Waals surface area contributed by atoms with Crippen LogP contribution in [0.1, 0.15) is 44.1 Å². The molecule has 1 N–H and O–H groups in total. The number of carbonyl (C=O) groups excluding carboxylic acids is 2. The van der Waals surface area contributed by atoms with Crippen LogP contribution in [0.25, 0.3) is 0 Å². The molecule has 2 heterocycles. The number of hydrogen-bond acceptors (Lipinski definition) is 4. The van der Waals surface area contributed by atoms with Crippen molar-refractivity contribution in [1.29, 1.82) is 5.26 Å². The molecule has 138 valence electrons. The van der Waals surface area contributed by atoms with Crippen molar-refractivity contribution < 1.29 is 9.59 Å². The number of piperidine rings is 1.